The molecule has 0 bridgehead atoms. The quantitative estimate of drug-likeness (QED) is 0.674. The third kappa shape index (κ3) is 5.42. The molecule has 0 radical (unpaired) electrons. The Bertz CT molecular complexity index is 1040. The molecule has 1 aliphatic heterocycles. The zero-order valence-corrected chi connectivity index (χ0v) is 18.9. The monoisotopic (exact) mass is 470 g/mol. The van der Waals surface area contributed by atoms with E-state index in [2.05, 4.69) is 5.32 Å². The summed E-state index contributed by atoms with van der Waals surface area (Å²) in [6.45, 7) is 4.28. The summed E-state index contributed by atoms with van der Waals surface area (Å²) < 4.78 is 53.3. The van der Waals surface area contributed by atoms with Gasteiger partial charge in [0.1, 0.15) is 0 Å². The summed E-state index contributed by atoms with van der Waals surface area (Å²) in [5.41, 5.74) is 0.950. The van der Waals surface area contributed by atoms with Crippen molar-refractivity contribution < 1.29 is 22.0 Å². The first-order valence-corrected chi connectivity index (χ1v) is 11.9. The second kappa shape index (κ2) is 9.63. The zero-order chi connectivity index (χ0) is 22.8. The van der Waals surface area contributed by atoms with Gasteiger partial charge < -0.3 is 5.32 Å². The number of piperidine rings is 1. The first kappa shape index (κ1) is 23.6. The van der Waals surface area contributed by atoms with Crippen LogP contribution in [0.25, 0.3) is 0 Å². The lowest BCUT2D eigenvalue weighted by Crippen LogP contribution is -2.44. The van der Waals surface area contributed by atoms with Gasteiger partial charge in [-0.2, -0.15) is 4.31 Å². The second-order valence-corrected chi connectivity index (χ2v) is 10.4. The number of hydrogen-bond donors (Lipinski definition) is 1. The lowest BCUT2D eigenvalue weighted by atomic mass is 9.93. The molecule has 1 atom stereocenters. The van der Waals surface area contributed by atoms with Gasteiger partial charge in [-0.15, -0.1) is 0 Å². The van der Waals surface area contributed by atoms with Crippen LogP contribution in [-0.2, 0) is 14.8 Å². The molecule has 1 aliphatic rings. The van der Waals surface area contributed by atoms with Crippen molar-refractivity contribution >= 4 is 27.5 Å². The van der Waals surface area contributed by atoms with Crippen LogP contribution >= 0.6 is 11.6 Å². The maximum absolute atomic E-state index is 13.5. The first-order valence-electron chi connectivity index (χ1n) is 10.1. The van der Waals surface area contributed by atoms with E-state index in [1.165, 1.54) is 4.31 Å². The Hall–Kier alpha value is -2.03. The molecular formula is C22H25ClF2N2O3S. The summed E-state index contributed by atoms with van der Waals surface area (Å²) >= 11 is 5.95. The Labute approximate surface area is 186 Å². The van der Waals surface area contributed by atoms with E-state index in [9.17, 15) is 22.0 Å². The molecule has 1 saturated heterocycles. The van der Waals surface area contributed by atoms with Crippen LogP contribution in [0.15, 0.2) is 47.4 Å². The number of hydrogen-bond acceptors (Lipinski definition) is 3. The number of amides is 1. The summed E-state index contributed by atoms with van der Waals surface area (Å²) in [4.78, 5) is 12.6. The second-order valence-electron chi connectivity index (χ2n) is 8.04. The molecule has 5 nitrogen and oxygen atoms in total. The van der Waals surface area contributed by atoms with Crippen molar-refractivity contribution in [2.24, 2.45) is 11.8 Å². The van der Waals surface area contributed by atoms with Gasteiger partial charge in [0.05, 0.1) is 10.9 Å². The fourth-order valence-electron chi connectivity index (χ4n) is 3.72. The topological polar surface area (TPSA) is 66.5 Å². The van der Waals surface area contributed by atoms with E-state index >= 15 is 0 Å². The van der Waals surface area contributed by atoms with E-state index in [1.807, 2.05) is 26.0 Å². The molecule has 0 aromatic heterocycles. The van der Waals surface area contributed by atoms with Crippen LogP contribution in [-0.4, -0.2) is 31.7 Å². The van der Waals surface area contributed by atoms with Crippen LogP contribution in [0, 0.1) is 23.5 Å². The molecule has 2 aromatic rings. The highest BCUT2D eigenvalue weighted by Crippen LogP contribution is 2.28. The SMILES string of the molecule is CC(C)C(NC(=O)C1CCN(S(=O)(=O)c2ccc(F)c(F)c2)CC1)c1ccc(Cl)cc1. The first-order chi connectivity index (χ1) is 14.6. The minimum Gasteiger partial charge on any atom is -0.349 e. The number of sulfonamides is 1. The largest absolute Gasteiger partial charge is 0.349 e. The molecule has 0 spiro atoms. The Balaban J connectivity index is 1.64. The molecule has 2 aromatic carbocycles. The number of nitrogens with one attached hydrogen (secondary N) is 1. The number of nitrogens with zero attached hydrogens (tertiary/aromatic N) is 1. The van der Waals surface area contributed by atoms with Crippen LogP contribution < -0.4 is 5.32 Å². The minimum atomic E-state index is -3.95. The standard InChI is InChI=1S/C22H25ClF2N2O3S/c1-14(2)21(15-3-5-17(23)6-4-15)26-22(28)16-9-11-27(12-10-16)31(29,30)18-7-8-19(24)20(25)13-18/h3-8,13-14,16,21H,9-12H2,1-2H3,(H,26,28). The highest BCUT2D eigenvalue weighted by molar-refractivity contribution is 7.89. The van der Waals surface area contributed by atoms with Crippen molar-refractivity contribution in [2.75, 3.05) is 13.1 Å². The van der Waals surface area contributed by atoms with Crippen LogP contribution in [0.4, 0.5) is 8.78 Å². The van der Waals surface area contributed by atoms with E-state index in [-0.39, 0.29) is 41.8 Å². The summed E-state index contributed by atoms with van der Waals surface area (Å²) in [7, 11) is -3.95. The van der Waals surface area contributed by atoms with E-state index in [0.29, 0.717) is 23.9 Å². The van der Waals surface area contributed by atoms with Gasteiger partial charge in [0.25, 0.3) is 0 Å². The normalized spacial score (nSPS) is 17.0. The van der Waals surface area contributed by atoms with Crippen LogP contribution in [0.2, 0.25) is 5.02 Å². The van der Waals surface area contributed by atoms with Crippen molar-refractivity contribution in [3.05, 3.63) is 64.7 Å². The Morgan fingerprint density at radius 3 is 2.23 bits per heavy atom. The smallest absolute Gasteiger partial charge is 0.243 e. The third-order valence-corrected chi connectivity index (χ3v) is 7.69. The van der Waals surface area contributed by atoms with Crippen LogP contribution in [0.5, 0.6) is 0 Å². The predicted octanol–water partition coefficient (Wildman–Crippen LogP) is 4.53. The molecule has 9 heteroatoms. The summed E-state index contributed by atoms with van der Waals surface area (Å²) in [6.07, 6.45) is 0.695. The molecule has 0 saturated carbocycles. The van der Waals surface area contributed by atoms with Crippen LogP contribution in [0.3, 0.4) is 0 Å². The van der Waals surface area contributed by atoms with Gasteiger partial charge in [0.15, 0.2) is 11.6 Å². The Morgan fingerprint density at radius 2 is 1.68 bits per heavy atom. The maximum atomic E-state index is 13.5. The van der Waals surface area contributed by atoms with Crippen molar-refractivity contribution in [3.8, 4) is 0 Å². The fourth-order valence-corrected chi connectivity index (χ4v) is 5.33. The number of benzene rings is 2. The maximum Gasteiger partial charge on any atom is 0.243 e. The molecule has 1 heterocycles. The molecule has 1 amide bonds. The fraction of sp³-hybridized carbons (Fsp3) is 0.409. The molecular weight excluding hydrogens is 446 g/mol. The predicted molar refractivity (Wildman–Crippen MR) is 115 cm³/mol. The van der Waals surface area contributed by atoms with Gasteiger partial charge in [-0.1, -0.05) is 37.6 Å². The van der Waals surface area contributed by atoms with Gasteiger partial charge >= 0.3 is 0 Å². The van der Waals surface area contributed by atoms with Crippen LogP contribution in [0.1, 0.15) is 38.3 Å². The van der Waals surface area contributed by atoms with Gasteiger partial charge in [-0.3, -0.25) is 4.79 Å². The highest BCUT2D eigenvalue weighted by Gasteiger charge is 2.33. The molecule has 3 rings (SSSR count). The summed E-state index contributed by atoms with van der Waals surface area (Å²) in [5, 5.41) is 3.70. The van der Waals surface area contributed by atoms with Gasteiger partial charge in [-0.25, -0.2) is 17.2 Å². The Kier molecular flexibility index (Phi) is 7.34. The minimum absolute atomic E-state index is 0.126. The highest BCUT2D eigenvalue weighted by atomic mass is 35.5. The van der Waals surface area contributed by atoms with Gasteiger partial charge in [0, 0.05) is 24.0 Å². The molecule has 0 aliphatic carbocycles. The van der Waals surface area contributed by atoms with Crippen molar-refractivity contribution in [1.29, 1.82) is 0 Å². The van der Waals surface area contributed by atoms with Gasteiger partial charge in [-0.05, 0) is 54.7 Å². The number of halogens is 3. The van der Waals surface area contributed by atoms with E-state index in [4.69, 9.17) is 11.6 Å². The lowest BCUT2D eigenvalue weighted by molar-refractivity contribution is -0.127. The van der Waals surface area contributed by atoms with Crippen molar-refractivity contribution in [3.63, 3.8) is 0 Å². The number of carbonyl (C=O) groups is 1. The zero-order valence-electron chi connectivity index (χ0n) is 17.3. The van der Waals surface area contributed by atoms with Gasteiger partial charge in [0.2, 0.25) is 15.9 Å². The number of carbonyl (C=O) groups excluding carboxylic acids is 1. The Morgan fingerprint density at radius 1 is 1.06 bits per heavy atom. The third-order valence-electron chi connectivity index (χ3n) is 5.55. The summed E-state index contributed by atoms with van der Waals surface area (Å²) in [6, 6.07) is 9.66. The average Bonchev–Trinajstić information content (AvgIpc) is 2.74. The number of rotatable bonds is 6. The van der Waals surface area contributed by atoms with E-state index in [0.717, 1.165) is 17.7 Å². The lowest BCUT2D eigenvalue weighted by Gasteiger charge is -2.32. The average molecular weight is 471 g/mol. The molecule has 1 fully saturated rings. The van der Waals surface area contributed by atoms with E-state index < -0.39 is 21.7 Å². The summed E-state index contributed by atoms with van der Waals surface area (Å²) in [5.74, 6) is -2.62. The van der Waals surface area contributed by atoms with Crippen molar-refractivity contribution in [1.82, 2.24) is 9.62 Å². The molecule has 1 unspecified atom stereocenters. The molecule has 1 N–H and O–H groups in total. The molecule has 31 heavy (non-hydrogen) atoms. The van der Waals surface area contributed by atoms with E-state index in [1.54, 1.807) is 12.1 Å². The van der Waals surface area contributed by atoms with Crippen molar-refractivity contribution in [2.45, 2.75) is 37.6 Å². The molecule has 168 valence electrons.